The van der Waals surface area contributed by atoms with Gasteiger partial charge in [-0.15, -0.1) is 0 Å². The number of carbonyl (C=O) groups is 1. The third-order valence-corrected chi connectivity index (χ3v) is 3.09. The fourth-order valence-corrected chi connectivity index (χ4v) is 2.03. The van der Waals surface area contributed by atoms with E-state index in [1.54, 1.807) is 0 Å². The predicted octanol–water partition coefficient (Wildman–Crippen LogP) is 0.823. The molecule has 0 saturated carbocycles. The van der Waals surface area contributed by atoms with Crippen LogP contribution in [-0.2, 0) is 14.6 Å². The van der Waals surface area contributed by atoms with Crippen LogP contribution in [0.3, 0.4) is 0 Å². The standard InChI is InChI=1S/C8H6F2O4S/c9-5-1-6(10)3-7(2-5)15(13,14)4-8(11)12/h1-3H,4H2,(H,11,12). The third-order valence-electron chi connectivity index (χ3n) is 1.51. The average molecular weight is 236 g/mol. The Bertz CT molecular complexity index is 475. The molecule has 4 nitrogen and oxygen atoms in total. The highest BCUT2D eigenvalue weighted by Crippen LogP contribution is 2.14. The second kappa shape index (κ2) is 3.93. The highest BCUT2D eigenvalue weighted by atomic mass is 32.2. The van der Waals surface area contributed by atoms with Crippen LogP contribution in [0.5, 0.6) is 0 Å². The molecular formula is C8H6F2O4S. The molecule has 0 aliphatic heterocycles. The monoisotopic (exact) mass is 236 g/mol. The Labute approximate surface area is 84.1 Å². The maximum atomic E-state index is 12.6. The van der Waals surface area contributed by atoms with Crippen LogP contribution in [0.2, 0.25) is 0 Å². The Morgan fingerprint density at radius 2 is 1.67 bits per heavy atom. The van der Waals surface area contributed by atoms with Gasteiger partial charge in [-0.3, -0.25) is 4.79 Å². The lowest BCUT2D eigenvalue weighted by Crippen LogP contribution is -2.15. The lowest BCUT2D eigenvalue weighted by Gasteiger charge is -2.01. The number of carboxylic acids is 1. The average Bonchev–Trinajstić information content (AvgIpc) is 1.99. The maximum Gasteiger partial charge on any atom is 0.319 e. The van der Waals surface area contributed by atoms with Gasteiger partial charge < -0.3 is 5.11 Å². The maximum absolute atomic E-state index is 12.6. The van der Waals surface area contributed by atoms with E-state index in [0.717, 1.165) is 0 Å². The predicted molar refractivity (Wildman–Crippen MR) is 46.0 cm³/mol. The van der Waals surface area contributed by atoms with E-state index in [1.807, 2.05) is 0 Å². The van der Waals surface area contributed by atoms with Crippen molar-refractivity contribution in [1.82, 2.24) is 0 Å². The molecule has 0 aromatic heterocycles. The molecule has 0 amide bonds. The van der Waals surface area contributed by atoms with Gasteiger partial charge in [0.25, 0.3) is 0 Å². The minimum Gasteiger partial charge on any atom is -0.480 e. The number of benzene rings is 1. The molecule has 15 heavy (non-hydrogen) atoms. The molecule has 0 atom stereocenters. The van der Waals surface area contributed by atoms with E-state index >= 15 is 0 Å². The summed E-state index contributed by atoms with van der Waals surface area (Å²) < 4.78 is 47.8. The minimum absolute atomic E-state index is 0.500. The second-order valence-electron chi connectivity index (χ2n) is 2.76. The summed E-state index contributed by atoms with van der Waals surface area (Å²) in [4.78, 5) is 9.51. The number of aliphatic carboxylic acids is 1. The normalized spacial score (nSPS) is 11.3. The van der Waals surface area contributed by atoms with E-state index < -0.39 is 38.1 Å². The Morgan fingerprint density at radius 3 is 2.07 bits per heavy atom. The van der Waals surface area contributed by atoms with Crippen LogP contribution >= 0.6 is 0 Å². The molecule has 0 fully saturated rings. The molecule has 1 aromatic carbocycles. The molecular weight excluding hydrogens is 230 g/mol. The summed E-state index contributed by atoms with van der Waals surface area (Å²) in [6.45, 7) is 0. The smallest absolute Gasteiger partial charge is 0.319 e. The lowest BCUT2D eigenvalue weighted by atomic mass is 10.3. The van der Waals surface area contributed by atoms with Gasteiger partial charge in [0.05, 0.1) is 4.90 Å². The molecule has 0 bridgehead atoms. The molecule has 0 spiro atoms. The number of hydrogen-bond donors (Lipinski definition) is 1. The van der Waals surface area contributed by atoms with Crippen molar-refractivity contribution in [3.8, 4) is 0 Å². The lowest BCUT2D eigenvalue weighted by molar-refractivity contribution is -0.134. The second-order valence-corrected chi connectivity index (χ2v) is 4.75. The third kappa shape index (κ3) is 2.98. The molecule has 0 heterocycles. The zero-order chi connectivity index (χ0) is 11.6. The first-order valence-electron chi connectivity index (χ1n) is 3.72. The van der Waals surface area contributed by atoms with Crippen LogP contribution in [0, 0.1) is 11.6 Å². The van der Waals surface area contributed by atoms with E-state index in [-0.39, 0.29) is 0 Å². The van der Waals surface area contributed by atoms with E-state index in [9.17, 15) is 22.0 Å². The minimum atomic E-state index is -4.18. The first-order valence-corrected chi connectivity index (χ1v) is 5.37. The molecule has 82 valence electrons. The van der Waals surface area contributed by atoms with E-state index in [1.165, 1.54) is 0 Å². The van der Waals surface area contributed by atoms with Gasteiger partial charge >= 0.3 is 5.97 Å². The first kappa shape index (κ1) is 11.6. The summed E-state index contributed by atoms with van der Waals surface area (Å²) in [5.74, 6) is -4.92. The van der Waals surface area contributed by atoms with Crippen molar-refractivity contribution in [1.29, 1.82) is 0 Å². The Balaban J connectivity index is 3.21. The van der Waals surface area contributed by atoms with Gasteiger partial charge in [0, 0.05) is 6.07 Å². The van der Waals surface area contributed by atoms with Crippen molar-refractivity contribution in [3.05, 3.63) is 29.8 Å². The summed E-state index contributed by atoms with van der Waals surface area (Å²) in [7, 11) is -4.18. The summed E-state index contributed by atoms with van der Waals surface area (Å²) in [6.07, 6.45) is 0. The van der Waals surface area contributed by atoms with Crippen LogP contribution in [0.15, 0.2) is 23.1 Å². The van der Waals surface area contributed by atoms with Crippen LogP contribution in [0.25, 0.3) is 0 Å². The zero-order valence-corrected chi connectivity index (χ0v) is 8.09. The SMILES string of the molecule is O=C(O)CS(=O)(=O)c1cc(F)cc(F)c1. The Hall–Kier alpha value is -1.50. The van der Waals surface area contributed by atoms with Gasteiger partial charge in [0.1, 0.15) is 11.6 Å². The van der Waals surface area contributed by atoms with E-state index in [2.05, 4.69) is 0 Å². The highest BCUT2D eigenvalue weighted by molar-refractivity contribution is 7.92. The quantitative estimate of drug-likeness (QED) is 0.843. The molecule has 1 aromatic rings. The Morgan fingerprint density at radius 1 is 1.20 bits per heavy atom. The van der Waals surface area contributed by atoms with Crippen molar-refractivity contribution < 1.29 is 27.1 Å². The first-order chi connectivity index (χ1) is 6.81. The molecule has 1 N–H and O–H groups in total. The summed E-state index contributed by atoms with van der Waals surface area (Å²) in [5.41, 5.74) is 0. The zero-order valence-electron chi connectivity index (χ0n) is 7.28. The van der Waals surface area contributed by atoms with Crippen LogP contribution in [-0.4, -0.2) is 25.2 Å². The van der Waals surface area contributed by atoms with E-state index in [0.29, 0.717) is 18.2 Å². The fraction of sp³-hybridized carbons (Fsp3) is 0.125. The van der Waals surface area contributed by atoms with Gasteiger partial charge in [-0.2, -0.15) is 0 Å². The number of carboxylic acid groups (broad SMARTS) is 1. The summed E-state index contributed by atoms with van der Waals surface area (Å²) >= 11 is 0. The van der Waals surface area contributed by atoms with Crippen molar-refractivity contribution in [2.75, 3.05) is 5.75 Å². The highest BCUT2D eigenvalue weighted by Gasteiger charge is 2.20. The van der Waals surface area contributed by atoms with Gasteiger partial charge in [-0.25, -0.2) is 17.2 Å². The Kier molecular flexibility index (Phi) is 3.04. The summed E-state index contributed by atoms with van der Waals surface area (Å²) in [6, 6.07) is 1.64. The van der Waals surface area contributed by atoms with Crippen LogP contribution in [0.4, 0.5) is 8.78 Å². The number of halogens is 2. The molecule has 0 saturated heterocycles. The molecule has 1 rings (SSSR count). The molecule has 0 aliphatic carbocycles. The molecule has 0 unspecified atom stereocenters. The largest absolute Gasteiger partial charge is 0.480 e. The van der Waals surface area contributed by atoms with Crippen molar-refractivity contribution in [2.24, 2.45) is 0 Å². The number of rotatable bonds is 3. The molecule has 0 radical (unpaired) electrons. The fourth-order valence-electron chi connectivity index (χ4n) is 0.954. The van der Waals surface area contributed by atoms with Crippen LogP contribution < -0.4 is 0 Å². The topological polar surface area (TPSA) is 71.4 Å². The van der Waals surface area contributed by atoms with Gasteiger partial charge in [0.2, 0.25) is 0 Å². The number of hydrogen-bond acceptors (Lipinski definition) is 3. The number of sulfone groups is 1. The van der Waals surface area contributed by atoms with E-state index in [4.69, 9.17) is 5.11 Å². The van der Waals surface area contributed by atoms with Gasteiger partial charge in [-0.05, 0) is 12.1 Å². The van der Waals surface area contributed by atoms with Crippen LogP contribution in [0.1, 0.15) is 0 Å². The van der Waals surface area contributed by atoms with Crippen molar-refractivity contribution >= 4 is 15.8 Å². The van der Waals surface area contributed by atoms with Crippen molar-refractivity contribution in [3.63, 3.8) is 0 Å². The van der Waals surface area contributed by atoms with Gasteiger partial charge in [-0.1, -0.05) is 0 Å². The van der Waals surface area contributed by atoms with Crippen molar-refractivity contribution in [2.45, 2.75) is 4.90 Å². The molecule has 7 heteroatoms. The summed E-state index contributed by atoms with van der Waals surface area (Å²) in [5, 5.41) is 8.28. The molecule has 0 aliphatic rings. The van der Waals surface area contributed by atoms with Gasteiger partial charge in [0.15, 0.2) is 15.6 Å².